The fraction of sp³-hybridized carbons (Fsp3) is 0.889. The summed E-state index contributed by atoms with van der Waals surface area (Å²) in [6.45, 7) is 3.87. The van der Waals surface area contributed by atoms with Crippen molar-refractivity contribution in [2.75, 3.05) is 13.1 Å². The van der Waals surface area contributed by atoms with Gasteiger partial charge >= 0.3 is 5.97 Å². The van der Waals surface area contributed by atoms with E-state index in [9.17, 15) is 9.90 Å². The largest absolute Gasteiger partial charge is 0.480 e. The third-order valence-electron chi connectivity index (χ3n) is 1.99. The first-order valence-corrected chi connectivity index (χ1v) is 4.57. The lowest BCUT2D eigenvalue weighted by molar-refractivity contribution is -0.139. The summed E-state index contributed by atoms with van der Waals surface area (Å²) in [5.74, 6) is -0.823. The van der Waals surface area contributed by atoms with Gasteiger partial charge in [0.25, 0.3) is 0 Å². The highest BCUT2D eigenvalue weighted by molar-refractivity contribution is 5.69. The van der Waals surface area contributed by atoms with E-state index in [1.54, 1.807) is 13.8 Å². The van der Waals surface area contributed by atoms with Gasteiger partial charge in [-0.25, -0.2) is 0 Å². The molecule has 4 heteroatoms. The molecular weight excluding hydrogens is 170 g/mol. The SMILES string of the molecule is CC(C)(O)CN(CC(=O)O)C1CC1. The highest BCUT2D eigenvalue weighted by atomic mass is 16.4. The van der Waals surface area contributed by atoms with E-state index in [-0.39, 0.29) is 6.54 Å². The summed E-state index contributed by atoms with van der Waals surface area (Å²) in [6.07, 6.45) is 2.12. The first-order chi connectivity index (χ1) is 5.88. The normalized spacial score (nSPS) is 17.8. The van der Waals surface area contributed by atoms with E-state index in [0.717, 1.165) is 12.8 Å². The number of carboxylic acids is 1. The highest BCUT2D eigenvalue weighted by Crippen LogP contribution is 2.27. The Bertz CT molecular complexity index is 194. The molecule has 0 aliphatic heterocycles. The van der Waals surface area contributed by atoms with Crippen LogP contribution in [-0.4, -0.2) is 45.8 Å². The Labute approximate surface area is 78.2 Å². The molecule has 4 nitrogen and oxygen atoms in total. The van der Waals surface area contributed by atoms with Crippen LogP contribution in [0.3, 0.4) is 0 Å². The summed E-state index contributed by atoms with van der Waals surface area (Å²) in [4.78, 5) is 12.3. The molecule has 0 saturated heterocycles. The lowest BCUT2D eigenvalue weighted by atomic mass is 10.1. The van der Waals surface area contributed by atoms with Gasteiger partial charge in [0.2, 0.25) is 0 Å². The van der Waals surface area contributed by atoms with Crippen LogP contribution >= 0.6 is 0 Å². The van der Waals surface area contributed by atoms with Crippen molar-refractivity contribution in [1.29, 1.82) is 0 Å². The van der Waals surface area contributed by atoms with Crippen molar-refractivity contribution >= 4 is 5.97 Å². The number of hydrogen-bond acceptors (Lipinski definition) is 3. The van der Waals surface area contributed by atoms with E-state index in [2.05, 4.69) is 0 Å². The zero-order chi connectivity index (χ0) is 10.1. The smallest absolute Gasteiger partial charge is 0.317 e. The molecule has 0 unspecified atom stereocenters. The van der Waals surface area contributed by atoms with Crippen LogP contribution in [0.1, 0.15) is 26.7 Å². The fourth-order valence-electron chi connectivity index (χ4n) is 1.42. The summed E-state index contributed by atoms with van der Waals surface area (Å²) in [6, 6.07) is 0.377. The molecule has 1 fully saturated rings. The van der Waals surface area contributed by atoms with Gasteiger partial charge in [0.15, 0.2) is 0 Å². The molecule has 0 radical (unpaired) electrons. The van der Waals surface area contributed by atoms with Gasteiger partial charge in [0, 0.05) is 12.6 Å². The Morgan fingerprint density at radius 3 is 2.38 bits per heavy atom. The van der Waals surface area contributed by atoms with Gasteiger partial charge in [0.05, 0.1) is 12.1 Å². The molecular formula is C9H17NO3. The van der Waals surface area contributed by atoms with Crippen LogP contribution in [0.5, 0.6) is 0 Å². The fourth-order valence-corrected chi connectivity index (χ4v) is 1.42. The molecule has 0 heterocycles. The molecule has 2 N–H and O–H groups in total. The molecule has 13 heavy (non-hydrogen) atoms. The zero-order valence-corrected chi connectivity index (χ0v) is 8.16. The lowest BCUT2D eigenvalue weighted by Gasteiger charge is -2.27. The van der Waals surface area contributed by atoms with E-state index in [0.29, 0.717) is 12.6 Å². The molecule has 0 aromatic heterocycles. The first kappa shape index (κ1) is 10.5. The van der Waals surface area contributed by atoms with Crippen molar-refractivity contribution in [2.45, 2.75) is 38.3 Å². The molecule has 0 aromatic carbocycles. The van der Waals surface area contributed by atoms with Crippen LogP contribution in [0.2, 0.25) is 0 Å². The maximum atomic E-state index is 10.5. The molecule has 0 bridgehead atoms. The average molecular weight is 187 g/mol. The first-order valence-electron chi connectivity index (χ1n) is 4.57. The number of rotatable bonds is 5. The summed E-state index contributed by atoms with van der Waals surface area (Å²) in [5.41, 5.74) is -0.807. The molecule has 1 aliphatic carbocycles. The number of nitrogens with zero attached hydrogens (tertiary/aromatic N) is 1. The molecule has 1 aliphatic rings. The monoisotopic (exact) mass is 187 g/mol. The van der Waals surface area contributed by atoms with E-state index in [4.69, 9.17) is 5.11 Å². The Hall–Kier alpha value is -0.610. The number of carbonyl (C=O) groups is 1. The summed E-state index contributed by atoms with van der Waals surface area (Å²) in [5, 5.41) is 18.2. The van der Waals surface area contributed by atoms with Crippen LogP contribution in [0.4, 0.5) is 0 Å². The van der Waals surface area contributed by atoms with Crippen molar-refractivity contribution in [3.8, 4) is 0 Å². The maximum Gasteiger partial charge on any atom is 0.317 e. The van der Waals surface area contributed by atoms with E-state index < -0.39 is 11.6 Å². The third-order valence-corrected chi connectivity index (χ3v) is 1.99. The molecule has 1 rings (SSSR count). The van der Waals surface area contributed by atoms with Crippen molar-refractivity contribution in [3.63, 3.8) is 0 Å². The Morgan fingerprint density at radius 1 is 1.54 bits per heavy atom. The Balaban J connectivity index is 2.42. The Kier molecular flexibility index (Phi) is 2.93. The van der Waals surface area contributed by atoms with Gasteiger partial charge in [-0.2, -0.15) is 0 Å². The lowest BCUT2D eigenvalue weighted by Crippen LogP contribution is -2.42. The number of hydrogen-bond donors (Lipinski definition) is 2. The summed E-state index contributed by atoms with van der Waals surface area (Å²) < 4.78 is 0. The van der Waals surface area contributed by atoms with Crippen LogP contribution in [-0.2, 0) is 4.79 Å². The quantitative estimate of drug-likeness (QED) is 0.650. The number of carboxylic acid groups (broad SMARTS) is 1. The van der Waals surface area contributed by atoms with Crippen LogP contribution in [0.25, 0.3) is 0 Å². The van der Waals surface area contributed by atoms with Gasteiger partial charge in [-0.05, 0) is 26.7 Å². The van der Waals surface area contributed by atoms with Crippen molar-refractivity contribution < 1.29 is 15.0 Å². The maximum absolute atomic E-state index is 10.5. The molecule has 0 aromatic rings. The molecule has 0 amide bonds. The molecule has 0 spiro atoms. The second-order valence-electron chi connectivity index (χ2n) is 4.34. The predicted octanol–water partition coefficient (Wildman–Crippen LogP) is 0.306. The minimum absolute atomic E-state index is 0.0364. The van der Waals surface area contributed by atoms with Gasteiger partial charge in [-0.1, -0.05) is 0 Å². The van der Waals surface area contributed by atoms with Crippen LogP contribution in [0, 0.1) is 0 Å². The minimum Gasteiger partial charge on any atom is -0.480 e. The van der Waals surface area contributed by atoms with Crippen molar-refractivity contribution in [1.82, 2.24) is 4.90 Å². The van der Waals surface area contributed by atoms with E-state index in [1.165, 1.54) is 0 Å². The van der Waals surface area contributed by atoms with E-state index in [1.807, 2.05) is 4.90 Å². The second kappa shape index (κ2) is 3.64. The minimum atomic E-state index is -0.823. The number of aliphatic hydroxyl groups is 1. The average Bonchev–Trinajstić information content (AvgIpc) is 2.60. The second-order valence-corrected chi connectivity index (χ2v) is 4.34. The topological polar surface area (TPSA) is 60.8 Å². The zero-order valence-electron chi connectivity index (χ0n) is 8.16. The van der Waals surface area contributed by atoms with Gasteiger partial charge < -0.3 is 10.2 Å². The van der Waals surface area contributed by atoms with Crippen LogP contribution < -0.4 is 0 Å². The van der Waals surface area contributed by atoms with Crippen molar-refractivity contribution in [2.24, 2.45) is 0 Å². The summed E-state index contributed by atoms with van der Waals surface area (Å²) in [7, 11) is 0. The number of aliphatic carboxylic acids is 1. The van der Waals surface area contributed by atoms with Gasteiger partial charge in [0.1, 0.15) is 0 Å². The third kappa shape index (κ3) is 4.24. The van der Waals surface area contributed by atoms with E-state index >= 15 is 0 Å². The van der Waals surface area contributed by atoms with Gasteiger partial charge in [-0.3, -0.25) is 9.69 Å². The predicted molar refractivity (Wildman–Crippen MR) is 48.5 cm³/mol. The highest BCUT2D eigenvalue weighted by Gasteiger charge is 2.33. The summed E-state index contributed by atoms with van der Waals surface area (Å²) >= 11 is 0. The van der Waals surface area contributed by atoms with Gasteiger partial charge in [-0.15, -0.1) is 0 Å². The standard InChI is InChI=1S/C9H17NO3/c1-9(2,13)6-10(5-8(11)12)7-3-4-7/h7,13H,3-6H2,1-2H3,(H,11,12). The van der Waals surface area contributed by atoms with Crippen LogP contribution in [0.15, 0.2) is 0 Å². The molecule has 1 saturated carbocycles. The van der Waals surface area contributed by atoms with Crippen molar-refractivity contribution in [3.05, 3.63) is 0 Å². The Morgan fingerprint density at radius 2 is 2.08 bits per heavy atom. The molecule has 0 atom stereocenters. The molecule has 76 valence electrons.